The Bertz CT molecular complexity index is 415. The third-order valence-corrected chi connectivity index (χ3v) is 4.16. The molecule has 0 aliphatic heterocycles. The molecule has 17 heavy (non-hydrogen) atoms. The maximum atomic E-state index is 6.07. The van der Waals surface area contributed by atoms with Gasteiger partial charge in [0, 0.05) is 11.6 Å². The first-order chi connectivity index (χ1) is 8.00. The van der Waals surface area contributed by atoms with Gasteiger partial charge < -0.3 is 15.2 Å². The Morgan fingerprint density at radius 2 is 1.94 bits per heavy atom. The van der Waals surface area contributed by atoms with Crippen LogP contribution < -0.4 is 15.2 Å². The lowest BCUT2D eigenvalue weighted by Crippen LogP contribution is -2.52. The summed E-state index contributed by atoms with van der Waals surface area (Å²) in [6, 6.07) is 6.22. The second-order valence-electron chi connectivity index (χ2n) is 5.32. The Morgan fingerprint density at radius 1 is 1.24 bits per heavy atom. The van der Waals surface area contributed by atoms with Crippen molar-refractivity contribution in [3.05, 3.63) is 23.8 Å². The summed E-state index contributed by atoms with van der Waals surface area (Å²) in [6.07, 6.45) is 1.01. The van der Waals surface area contributed by atoms with Crippen molar-refractivity contribution in [2.24, 2.45) is 11.1 Å². The molecule has 1 aliphatic carbocycles. The molecule has 2 atom stereocenters. The first kappa shape index (κ1) is 12.2. The molecule has 3 heteroatoms. The molecule has 0 radical (unpaired) electrons. The molecule has 1 saturated carbocycles. The normalized spacial score (nSPS) is 26.2. The zero-order valence-corrected chi connectivity index (χ0v) is 11.0. The lowest BCUT2D eigenvalue weighted by molar-refractivity contribution is 0.0961. The summed E-state index contributed by atoms with van der Waals surface area (Å²) in [7, 11) is 3.39. The van der Waals surface area contributed by atoms with E-state index in [2.05, 4.69) is 19.9 Å². The van der Waals surface area contributed by atoms with E-state index in [1.165, 1.54) is 5.56 Å². The standard InChI is InChI=1S/C14H21NO2/c1-14(2)11(8-13(14)15)10-7-9(16-3)5-6-12(10)17-4/h5-7,11,13H,8,15H2,1-4H3. The summed E-state index contributed by atoms with van der Waals surface area (Å²) in [5, 5.41) is 0. The van der Waals surface area contributed by atoms with Crippen LogP contribution in [0.1, 0.15) is 31.7 Å². The maximum Gasteiger partial charge on any atom is 0.122 e. The van der Waals surface area contributed by atoms with E-state index in [9.17, 15) is 0 Å². The fourth-order valence-electron chi connectivity index (χ4n) is 2.60. The zero-order valence-electron chi connectivity index (χ0n) is 11.0. The van der Waals surface area contributed by atoms with Gasteiger partial charge in [-0.05, 0) is 36.0 Å². The smallest absolute Gasteiger partial charge is 0.122 e. The number of hydrogen-bond acceptors (Lipinski definition) is 3. The average Bonchev–Trinajstić information content (AvgIpc) is 2.35. The van der Waals surface area contributed by atoms with E-state index in [4.69, 9.17) is 15.2 Å². The molecular weight excluding hydrogens is 214 g/mol. The van der Waals surface area contributed by atoms with Crippen LogP contribution in [0.5, 0.6) is 11.5 Å². The fourth-order valence-corrected chi connectivity index (χ4v) is 2.60. The lowest BCUT2D eigenvalue weighted by atomic mass is 9.56. The number of methoxy groups -OCH3 is 2. The Kier molecular flexibility index (Phi) is 3.04. The molecule has 2 unspecified atom stereocenters. The van der Waals surface area contributed by atoms with Crippen LogP contribution in [0, 0.1) is 5.41 Å². The van der Waals surface area contributed by atoms with Gasteiger partial charge in [-0.3, -0.25) is 0 Å². The molecule has 0 saturated heterocycles. The fraction of sp³-hybridized carbons (Fsp3) is 0.571. The van der Waals surface area contributed by atoms with Crippen LogP contribution in [0.25, 0.3) is 0 Å². The first-order valence-electron chi connectivity index (χ1n) is 5.98. The molecule has 0 heterocycles. The van der Waals surface area contributed by atoms with E-state index < -0.39 is 0 Å². The van der Waals surface area contributed by atoms with Crippen LogP contribution in [0.2, 0.25) is 0 Å². The molecule has 0 amide bonds. The molecule has 1 aliphatic rings. The van der Waals surface area contributed by atoms with Crippen LogP contribution in [0.4, 0.5) is 0 Å². The molecule has 1 aromatic carbocycles. The van der Waals surface area contributed by atoms with E-state index >= 15 is 0 Å². The predicted octanol–water partition coefficient (Wildman–Crippen LogP) is 2.54. The molecule has 0 bridgehead atoms. The molecule has 94 valence electrons. The van der Waals surface area contributed by atoms with E-state index in [0.29, 0.717) is 5.92 Å². The zero-order chi connectivity index (χ0) is 12.6. The summed E-state index contributed by atoms with van der Waals surface area (Å²) in [5.74, 6) is 2.25. The van der Waals surface area contributed by atoms with Crippen LogP contribution >= 0.6 is 0 Å². The number of hydrogen-bond donors (Lipinski definition) is 1. The highest BCUT2D eigenvalue weighted by molar-refractivity contribution is 5.45. The van der Waals surface area contributed by atoms with Crippen molar-refractivity contribution in [1.82, 2.24) is 0 Å². The van der Waals surface area contributed by atoms with Gasteiger partial charge in [0.05, 0.1) is 14.2 Å². The van der Waals surface area contributed by atoms with Gasteiger partial charge in [0.1, 0.15) is 11.5 Å². The van der Waals surface area contributed by atoms with Crippen molar-refractivity contribution >= 4 is 0 Å². The van der Waals surface area contributed by atoms with Gasteiger partial charge in [-0.25, -0.2) is 0 Å². The SMILES string of the molecule is COc1ccc(OC)c(C2CC(N)C2(C)C)c1. The van der Waals surface area contributed by atoms with Crippen LogP contribution in [0.3, 0.4) is 0 Å². The highest BCUT2D eigenvalue weighted by Gasteiger charge is 2.47. The summed E-state index contributed by atoms with van der Waals surface area (Å²) >= 11 is 0. The van der Waals surface area contributed by atoms with Gasteiger partial charge in [-0.1, -0.05) is 13.8 Å². The van der Waals surface area contributed by atoms with Gasteiger partial charge in [0.15, 0.2) is 0 Å². The molecule has 1 fully saturated rings. The average molecular weight is 235 g/mol. The Morgan fingerprint density at radius 3 is 2.41 bits per heavy atom. The van der Waals surface area contributed by atoms with Crippen LogP contribution in [0.15, 0.2) is 18.2 Å². The molecule has 2 rings (SSSR count). The minimum absolute atomic E-state index is 0.125. The van der Waals surface area contributed by atoms with Gasteiger partial charge in [0.25, 0.3) is 0 Å². The Hall–Kier alpha value is -1.22. The molecule has 0 aromatic heterocycles. The predicted molar refractivity (Wildman–Crippen MR) is 68.7 cm³/mol. The number of rotatable bonds is 3. The topological polar surface area (TPSA) is 44.5 Å². The second kappa shape index (κ2) is 4.22. The number of benzene rings is 1. The number of ether oxygens (including phenoxy) is 2. The van der Waals surface area contributed by atoms with Crippen molar-refractivity contribution in [1.29, 1.82) is 0 Å². The van der Waals surface area contributed by atoms with Crippen molar-refractivity contribution in [3.8, 4) is 11.5 Å². The minimum Gasteiger partial charge on any atom is -0.497 e. The summed E-state index contributed by atoms with van der Waals surface area (Å²) in [5.41, 5.74) is 7.41. The third kappa shape index (κ3) is 1.89. The van der Waals surface area contributed by atoms with Gasteiger partial charge in [0.2, 0.25) is 0 Å². The van der Waals surface area contributed by atoms with E-state index in [1.54, 1.807) is 14.2 Å². The van der Waals surface area contributed by atoms with Crippen molar-refractivity contribution in [2.45, 2.75) is 32.2 Å². The largest absolute Gasteiger partial charge is 0.497 e. The monoisotopic (exact) mass is 235 g/mol. The quantitative estimate of drug-likeness (QED) is 0.875. The Labute approximate surface area is 103 Å². The summed E-state index contributed by atoms with van der Waals surface area (Å²) in [4.78, 5) is 0. The molecule has 3 nitrogen and oxygen atoms in total. The van der Waals surface area contributed by atoms with E-state index in [0.717, 1.165) is 17.9 Å². The highest BCUT2D eigenvalue weighted by Crippen LogP contribution is 2.53. The van der Waals surface area contributed by atoms with E-state index in [-0.39, 0.29) is 11.5 Å². The minimum atomic E-state index is 0.125. The molecule has 0 spiro atoms. The van der Waals surface area contributed by atoms with Gasteiger partial charge in [-0.15, -0.1) is 0 Å². The number of nitrogens with two attached hydrogens (primary N) is 1. The van der Waals surface area contributed by atoms with Crippen LogP contribution in [-0.4, -0.2) is 20.3 Å². The first-order valence-corrected chi connectivity index (χ1v) is 5.98. The van der Waals surface area contributed by atoms with Crippen molar-refractivity contribution < 1.29 is 9.47 Å². The van der Waals surface area contributed by atoms with Gasteiger partial charge >= 0.3 is 0 Å². The summed E-state index contributed by atoms with van der Waals surface area (Å²) < 4.78 is 10.7. The van der Waals surface area contributed by atoms with E-state index in [1.807, 2.05) is 12.1 Å². The lowest BCUT2D eigenvalue weighted by Gasteiger charge is -2.51. The highest BCUT2D eigenvalue weighted by atomic mass is 16.5. The second-order valence-corrected chi connectivity index (χ2v) is 5.32. The summed E-state index contributed by atoms with van der Waals surface area (Å²) in [6.45, 7) is 4.43. The third-order valence-electron chi connectivity index (χ3n) is 4.16. The molecule has 2 N–H and O–H groups in total. The van der Waals surface area contributed by atoms with Gasteiger partial charge in [-0.2, -0.15) is 0 Å². The van der Waals surface area contributed by atoms with Crippen molar-refractivity contribution in [2.75, 3.05) is 14.2 Å². The molecule has 1 aromatic rings. The maximum absolute atomic E-state index is 6.07. The Balaban J connectivity index is 2.37. The van der Waals surface area contributed by atoms with Crippen molar-refractivity contribution in [3.63, 3.8) is 0 Å². The van der Waals surface area contributed by atoms with Crippen LogP contribution in [-0.2, 0) is 0 Å². The molecular formula is C14H21NO2.